The molecule has 0 unspecified atom stereocenters. The fourth-order valence-corrected chi connectivity index (χ4v) is 3.93. The fourth-order valence-electron chi connectivity index (χ4n) is 3.93. The summed E-state index contributed by atoms with van der Waals surface area (Å²) in [5, 5.41) is 2.82. The lowest BCUT2D eigenvalue weighted by Crippen LogP contribution is -2.44. The average Bonchev–Trinajstić information content (AvgIpc) is 3.19. The Balaban J connectivity index is 2.05. The third-order valence-corrected chi connectivity index (χ3v) is 5.33. The number of ether oxygens (including phenoxy) is 2. The van der Waals surface area contributed by atoms with Gasteiger partial charge in [0, 0.05) is 31.9 Å². The van der Waals surface area contributed by atoms with E-state index in [1.54, 1.807) is 53.1 Å². The first-order valence-electron chi connectivity index (χ1n) is 9.65. The maximum atomic E-state index is 13.0. The van der Waals surface area contributed by atoms with Crippen molar-refractivity contribution in [2.45, 2.75) is 44.2 Å². The van der Waals surface area contributed by atoms with E-state index in [1.807, 2.05) is 0 Å². The summed E-state index contributed by atoms with van der Waals surface area (Å²) in [5.41, 5.74) is -0.382. The van der Waals surface area contributed by atoms with Crippen molar-refractivity contribution in [3.8, 4) is 0 Å². The van der Waals surface area contributed by atoms with Crippen LogP contribution >= 0.6 is 0 Å². The van der Waals surface area contributed by atoms with Crippen molar-refractivity contribution in [3.63, 3.8) is 0 Å². The minimum absolute atomic E-state index is 0.0390. The van der Waals surface area contributed by atoms with Crippen LogP contribution in [0.4, 0.5) is 10.5 Å². The first-order valence-corrected chi connectivity index (χ1v) is 9.65. The number of nitrogens with one attached hydrogen (secondary N) is 1. The Hall–Kier alpha value is -3.10. The molecule has 0 radical (unpaired) electrons. The molecule has 2 aliphatic heterocycles. The van der Waals surface area contributed by atoms with E-state index in [0.717, 1.165) is 0 Å². The Bertz CT molecular complexity index is 920. The highest BCUT2D eigenvalue weighted by Crippen LogP contribution is 2.47. The Morgan fingerprint density at radius 1 is 1.23 bits per heavy atom. The molecule has 1 aromatic carbocycles. The van der Waals surface area contributed by atoms with Gasteiger partial charge in [0.05, 0.1) is 12.5 Å². The molecule has 9 heteroatoms. The normalized spacial score (nSPS) is 22.5. The molecule has 9 nitrogen and oxygen atoms in total. The summed E-state index contributed by atoms with van der Waals surface area (Å²) in [5.74, 6) is -1.16. The van der Waals surface area contributed by atoms with Gasteiger partial charge in [-0.25, -0.2) is 9.59 Å². The molecule has 162 valence electrons. The van der Waals surface area contributed by atoms with Crippen LogP contribution in [0, 0.1) is 0 Å². The molecule has 0 aromatic heterocycles. The molecule has 1 aromatic rings. The van der Waals surface area contributed by atoms with Gasteiger partial charge in [0.25, 0.3) is 5.91 Å². The van der Waals surface area contributed by atoms with Gasteiger partial charge in [0.2, 0.25) is 5.91 Å². The molecule has 1 N–H and O–H groups in total. The third kappa shape index (κ3) is 3.59. The lowest BCUT2D eigenvalue weighted by atomic mass is 9.79. The SMILES string of the molecule is COC(=O)[C@@H]1C[C@@]2(CN1C(=O)OC(C)(C)C)C(=O)Nc1ccc(C(=O)N(C)C)cc12. The molecular weight excluding hydrogens is 390 g/mol. The number of carbonyl (C=O) groups excluding carboxylic acids is 4. The minimum Gasteiger partial charge on any atom is -0.467 e. The van der Waals surface area contributed by atoms with Crippen LogP contribution in [0.2, 0.25) is 0 Å². The Morgan fingerprint density at radius 3 is 2.47 bits per heavy atom. The van der Waals surface area contributed by atoms with Crippen LogP contribution in [0.3, 0.4) is 0 Å². The van der Waals surface area contributed by atoms with Gasteiger partial charge < -0.3 is 19.7 Å². The van der Waals surface area contributed by atoms with Gasteiger partial charge >= 0.3 is 12.1 Å². The lowest BCUT2D eigenvalue weighted by molar-refractivity contribution is -0.145. The van der Waals surface area contributed by atoms with Gasteiger partial charge in [-0.05, 0) is 51.0 Å². The number of benzene rings is 1. The molecule has 0 aliphatic carbocycles. The molecule has 2 heterocycles. The van der Waals surface area contributed by atoms with Gasteiger partial charge in [0.1, 0.15) is 11.6 Å². The summed E-state index contributed by atoms with van der Waals surface area (Å²) >= 11 is 0. The van der Waals surface area contributed by atoms with Crippen LogP contribution in [0.25, 0.3) is 0 Å². The van der Waals surface area contributed by atoms with Crippen molar-refractivity contribution in [3.05, 3.63) is 29.3 Å². The maximum absolute atomic E-state index is 13.0. The summed E-state index contributed by atoms with van der Waals surface area (Å²) in [6.07, 6.45) is -0.659. The molecule has 30 heavy (non-hydrogen) atoms. The van der Waals surface area contributed by atoms with Crippen molar-refractivity contribution < 1.29 is 28.7 Å². The van der Waals surface area contributed by atoms with E-state index >= 15 is 0 Å². The van der Waals surface area contributed by atoms with Crippen molar-refractivity contribution in [2.75, 3.05) is 33.1 Å². The second kappa shape index (κ2) is 7.30. The number of amides is 3. The average molecular weight is 417 g/mol. The van der Waals surface area contributed by atoms with Crippen molar-refractivity contribution in [1.29, 1.82) is 0 Å². The summed E-state index contributed by atoms with van der Waals surface area (Å²) < 4.78 is 10.3. The standard InChI is InChI=1S/C21H27N3O6/c1-20(2,3)30-19(28)24-11-21(10-15(24)17(26)29-6)13-9-12(16(25)23(4)5)7-8-14(13)22-18(21)27/h7-9,15H,10-11H2,1-6H3,(H,22,27)/t15-,21-/m0/s1. The number of carbonyl (C=O) groups is 4. The number of hydrogen-bond donors (Lipinski definition) is 1. The van der Waals surface area contributed by atoms with E-state index in [9.17, 15) is 19.2 Å². The zero-order chi connectivity index (χ0) is 22.4. The van der Waals surface area contributed by atoms with Crippen molar-refractivity contribution in [2.24, 2.45) is 0 Å². The first kappa shape index (κ1) is 21.6. The number of hydrogen-bond acceptors (Lipinski definition) is 6. The van der Waals surface area contributed by atoms with Crippen molar-refractivity contribution >= 4 is 29.6 Å². The third-order valence-electron chi connectivity index (χ3n) is 5.33. The first-order chi connectivity index (χ1) is 13.9. The monoisotopic (exact) mass is 417 g/mol. The summed E-state index contributed by atoms with van der Waals surface area (Å²) in [6.45, 7) is 5.11. The van der Waals surface area contributed by atoms with E-state index in [1.165, 1.54) is 16.9 Å². The molecule has 3 rings (SSSR count). The van der Waals surface area contributed by atoms with Crippen LogP contribution in [0.15, 0.2) is 18.2 Å². The van der Waals surface area contributed by atoms with Crippen LogP contribution in [0.5, 0.6) is 0 Å². The van der Waals surface area contributed by atoms with Gasteiger partial charge in [-0.3, -0.25) is 14.5 Å². The van der Waals surface area contributed by atoms with E-state index in [-0.39, 0.29) is 24.8 Å². The minimum atomic E-state index is -1.17. The van der Waals surface area contributed by atoms with Crippen LogP contribution in [0.1, 0.15) is 43.1 Å². The second-order valence-electron chi connectivity index (χ2n) is 8.85. The van der Waals surface area contributed by atoms with Crippen LogP contribution in [-0.2, 0) is 24.5 Å². The zero-order valence-electron chi connectivity index (χ0n) is 18.1. The molecule has 3 amide bonds. The van der Waals surface area contributed by atoms with E-state index in [2.05, 4.69) is 5.32 Å². The number of anilines is 1. The molecule has 2 aliphatic rings. The summed E-state index contributed by atoms with van der Waals surface area (Å²) in [7, 11) is 4.51. The predicted octanol–water partition coefficient (Wildman–Crippen LogP) is 1.76. The lowest BCUT2D eigenvalue weighted by Gasteiger charge is -2.27. The van der Waals surface area contributed by atoms with Gasteiger partial charge in [-0.1, -0.05) is 0 Å². The van der Waals surface area contributed by atoms with Gasteiger partial charge in [-0.2, -0.15) is 0 Å². The Labute approximate surface area is 175 Å². The molecule has 1 spiro atoms. The Morgan fingerprint density at radius 2 is 1.90 bits per heavy atom. The number of likely N-dealkylation sites (tertiary alicyclic amines) is 1. The van der Waals surface area contributed by atoms with Crippen molar-refractivity contribution in [1.82, 2.24) is 9.80 Å². The highest BCUT2D eigenvalue weighted by Gasteiger charge is 2.58. The van der Waals surface area contributed by atoms with Crippen LogP contribution < -0.4 is 5.32 Å². The summed E-state index contributed by atoms with van der Waals surface area (Å²) in [4.78, 5) is 53.4. The largest absolute Gasteiger partial charge is 0.467 e. The highest BCUT2D eigenvalue weighted by molar-refractivity contribution is 6.09. The number of fused-ring (bicyclic) bond motifs is 2. The number of methoxy groups -OCH3 is 1. The number of rotatable bonds is 2. The van der Waals surface area contributed by atoms with E-state index in [4.69, 9.17) is 9.47 Å². The van der Waals surface area contributed by atoms with Gasteiger partial charge in [0.15, 0.2) is 0 Å². The quantitative estimate of drug-likeness (QED) is 0.735. The molecule has 0 saturated carbocycles. The molecule has 2 atom stereocenters. The van der Waals surface area contributed by atoms with Crippen LogP contribution in [-0.4, -0.2) is 73.1 Å². The smallest absolute Gasteiger partial charge is 0.411 e. The summed E-state index contributed by atoms with van der Waals surface area (Å²) in [6, 6.07) is 3.98. The van der Waals surface area contributed by atoms with Gasteiger partial charge in [-0.15, -0.1) is 0 Å². The highest BCUT2D eigenvalue weighted by atomic mass is 16.6. The van der Waals surface area contributed by atoms with E-state index in [0.29, 0.717) is 16.8 Å². The number of nitrogens with zero attached hydrogens (tertiary/aromatic N) is 2. The zero-order valence-corrected chi connectivity index (χ0v) is 18.1. The number of esters is 1. The molecule has 0 bridgehead atoms. The molecular formula is C21H27N3O6. The maximum Gasteiger partial charge on any atom is 0.411 e. The molecule has 1 saturated heterocycles. The second-order valence-corrected chi connectivity index (χ2v) is 8.85. The van der Waals surface area contributed by atoms with E-state index < -0.39 is 29.1 Å². The predicted molar refractivity (Wildman–Crippen MR) is 108 cm³/mol. The topological polar surface area (TPSA) is 105 Å². The Kier molecular flexibility index (Phi) is 5.26. The molecule has 1 fully saturated rings. The fraction of sp³-hybridized carbons (Fsp3) is 0.524.